The zero-order valence-corrected chi connectivity index (χ0v) is 14.0. The van der Waals surface area contributed by atoms with Gasteiger partial charge in [0, 0.05) is 5.56 Å². The predicted octanol–water partition coefficient (Wildman–Crippen LogP) is 6.49. The third-order valence-electron chi connectivity index (χ3n) is 4.74. The van der Waals surface area contributed by atoms with Gasteiger partial charge in [0.05, 0.1) is 0 Å². The maximum atomic E-state index is 10.7. The van der Waals surface area contributed by atoms with Crippen molar-refractivity contribution in [3.63, 3.8) is 0 Å². The van der Waals surface area contributed by atoms with Crippen LogP contribution in [0.1, 0.15) is 25.3 Å². The van der Waals surface area contributed by atoms with E-state index in [-0.39, 0.29) is 0 Å². The van der Waals surface area contributed by atoms with Crippen LogP contribution in [0.15, 0.2) is 72.8 Å². The largest absolute Gasteiger partial charge is 0.507 e. The van der Waals surface area contributed by atoms with E-state index in [1.165, 1.54) is 16.3 Å². The van der Waals surface area contributed by atoms with E-state index in [1.54, 1.807) is 0 Å². The molecule has 1 heteroatoms. The average Bonchev–Trinajstić information content (AvgIpc) is 2.61. The van der Waals surface area contributed by atoms with Crippen molar-refractivity contribution in [1.82, 2.24) is 0 Å². The maximum absolute atomic E-state index is 10.7. The van der Waals surface area contributed by atoms with Crippen LogP contribution >= 0.6 is 0 Å². The van der Waals surface area contributed by atoms with E-state index in [0.717, 1.165) is 21.9 Å². The molecule has 1 N–H and O–H groups in total. The molecule has 0 bridgehead atoms. The fourth-order valence-corrected chi connectivity index (χ4v) is 3.57. The summed E-state index contributed by atoms with van der Waals surface area (Å²) in [5.41, 5.74) is 3.35. The molecule has 0 aromatic heterocycles. The third kappa shape index (κ3) is 2.25. The van der Waals surface area contributed by atoms with E-state index in [1.807, 2.05) is 24.3 Å². The highest BCUT2D eigenvalue weighted by Gasteiger charge is 2.17. The maximum Gasteiger partial charge on any atom is 0.124 e. The number of phenols is 1. The van der Waals surface area contributed by atoms with E-state index in [4.69, 9.17) is 0 Å². The first kappa shape index (κ1) is 14.8. The number of hydrogen-bond acceptors (Lipinski definition) is 1. The number of aromatic hydroxyl groups is 1. The number of hydrogen-bond donors (Lipinski definition) is 1. The van der Waals surface area contributed by atoms with Gasteiger partial charge in [0.25, 0.3) is 0 Å². The molecule has 0 aliphatic rings. The molecule has 0 unspecified atom stereocenters. The van der Waals surface area contributed by atoms with Crippen molar-refractivity contribution < 1.29 is 5.11 Å². The number of fused-ring (bicyclic) bond motifs is 2. The Hall–Kier alpha value is -2.80. The molecule has 4 aromatic rings. The van der Waals surface area contributed by atoms with Crippen LogP contribution in [-0.4, -0.2) is 5.11 Å². The van der Waals surface area contributed by atoms with Crippen LogP contribution in [0.4, 0.5) is 0 Å². The van der Waals surface area contributed by atoms with Gasteiger partial charge in [-0.2, -0.15) is 0 Å². The topological polar surface area (TPSA) is 20.2 Å². The zero-order chi connectivity index (χ0) is 16.7. The standard InChI is InChI=1S/C23H20O/c1-15(2)18-13-11-16-7-3-5-9-19(16)22(18)23-20-10-6-4-8-17(20)12-14-21(23)24/h3-15,24H,1-2H3. The lowest BCUT2D eigenvalue weighted by Gasteiger charge is -2.19. The molecule has 24 heavy (non-hydrogen) atoms. The van der Waals surface area contributed by atoms with Crippen LogP contribution in [-0.2, 0) is 0 Å². The van der Waals surface area contributed by atoms with Gasteiger partial charge in [-0.25, -0.2) is 0 Å². The van der Waals surface area contributed by atoms with Crippen molar-refractivity contribution >= 4 is 21.5 Å². The van der Waals surface area contributed by atoms with Crippen LogP contribution < -0.4 is 0 Å². The van der Waals surface area contributed by atoms with E-state index < -0.39 is 0 Å². The molecular formula is C23H20O. The zero-order valence-electron chi connectivity index (χ0n) is 14.0. The SMILES string of the molecule is CC(C)c1ccc2ccccc2c1-c1c(O)ccc2ccccc12. The molecule has 0 radical (unpaired) electrons. The molecule has 4 aromatic carbocycles. The number of rotatable bonds is 2. The van der Waals surface area contributed by atoms with Gasteiger partial charge in [0.1, 0.15) is 5.75 Å². The summed E-state index contributed by atoms with van der Waals surface area (Å²) in [7, 11) is 0. The fourth-order valence-electron chi connectivity index (χ4n) is 3.57. The molecule has 0 spiro atoms. The Morgan fingerprint density at radius 2 is 1.17 bits per heavy atom. The van der Waals surface area contributed by atoms with E-state index in [9.17, 15) is 5.11 Å². The van der Waals surface area contributed by atoms with Gasteiger partial charge in [-0.05, 0) is 44.7 Å². The fraction of sp³-hybridized carbons (Fsp3) is 0.130. The van der Waals surface area contributed by atoms with Crippen molar-refractivity contribution in [1.29, 1.82) is 0 Å². The Labute approximate surface area is 142 Å². The Morgan fingerprint density at radius 1 is 0.625 bits per heavy atom. The molecule has 4 rings (SSSR count). The minimum absolute atomic E-state index is 0.340. The highest BCUT2D eigenvalue weighted by Crippen LogP contribution is 2.43. The Morgan fingerprint density at radius 3 is 1.79 bits per heavy atom. The first-order valence-electron chi connectivity index (χ1n) is 8.39. The van der Waals surface area contributed by atoms with Gasteiger partial charge < -0.3 is 5.11 Å². The quantitative estimate of drug-likeness (QED) is 0.448. The van der Waals surface area contributed by atoms with Crippen LogP contribution in [0.5, 0.6) is 5.75 Å². The van der Waals surface area contributed by atoms with Crippen molar-refractivity contribution in [2.45, 2.75) is 19.8 Å². The van der Waals surface area contributed by atoms with Gasteiger partial charge in [-0.1, -0.05) is 80.6 Å². The van der Waals surface area contributed by atoms with E-state index in [0.29, 0.717) is 11.7 Å². The van der Waals surface area contributed by atoms with Crippen LogP contribution in [0.25, 0.3) is 32.7 Å². The summed E-state index contributed by atoms with van der Waals surface area (Å²) in [6, 6.07) is 24.8. The summed E-state index contributed by atoms with van der Waals surface area (Å²) < 4.78 is 0. The van der Waals surface area contributed by atoms with Gasteiger partial charge in [0.15, 0.2) is 0 Å². The van der Waals surface area contributed by atoms with Crippen molar-refractivity contribution in [2.75, 3.05) is 0 Å². The molecule has 0 saturated carbocycles. The minimum Gasteiger partial charge on any atom is -0.507 e. The first-order chi connectivity index (χ1) is 11.7. The molecule has 0 aliphatic heterocycles. The first-order valence-corrected chi connectivity index (χ1v) is 8.39. The third-order valence-corrected chi connectivity index (χ3v) is 4.74. The number of phenolic OH excluding ortho intramolecular Hbond substituents is 1. The Balaban J connectivity index is 2.21. The van der Waals surface area contributed by atoms with Crippen LogP contribution in [0.2, 0.25) is 0 Å². The Bertz CT molecular complexity index is 1040. The van der Waals surface area contributed by atoms with Crippen molar-refractivity contribution in [2.24, 2.45) is 0 Å². The highest BCUT2D eigenvalue weighted by atomic mass is 16.3. The highest BCUT2D eigenvalue weighted by molar-refractivity contribution is 6.08. The van der Waals surface area contributed by atoms with Gasteiger partial charge in [-0.3, -0.25) is 0 Å². The van der Waals surface area contributed by atoms with Gasteiger partial charge in [-0.15, -0.1) is 0 Å². The summed E-state index contributed by atoms with van der Waals surface area (Å²) in [6.45, 7) is 4.41. The monoisotopic (exact) mass is 312 g/mol. The van der Waals surface area contributed by atoms with Crippen LogP contribution in [0.3, 0.4) is 0 Å². The molecule has 1 nitrogen and oxygen atoms in total. The van der Waals surface area contributed by atoms with E-state index >= 15 is 0 Å². The van der Waals surface area contributed by atoms with Crippen LogP contribution in [0, 0.1) is 0 Å². The lowest BCUT2D eigenvalue weighted by atomic mass is 9.86. The average molecular weight is 312 g/mol. The molecule has 0 fully saturated rings. The van der Waals surface area contributed by atoms with Gasteiger partial charge in [0.2, 0.25) is 0 Å². The van der Waals surface area contributed by atoms with Gasteiger partial charge >= 0.3 is 0 Å². The minimum atomic E-state index is 0.340. The Kier molecular flexibility index (Phi) is 3.50. The van der Waals surface area contributed by atoms with Crippen molar-refractivity contribution in [3.05, 3.63) is 78.4 Å². The molecule has 0 amide bonds. The second-order valence-electron chi connectivity index (χ2n) is 6.59. The second-order valence-corrected chi connectivity index (χ2v) is 6.59. The van der Waals surface area contributed by atoms with Crippen molar-refractivity contribution in [3.8, 4) is 16.9 Å². The normalized spacial score (nSPS) is 11.5. The molecule has 0 saturated heterocycles. The van der Waals surface area contributed by atoms with E-state index in [2.05, 4.69) is 62.4 Å². The molecule has 0 heterocycles. The second kappa shape index (κ2) is 5.68. The number of benzene rings is 4. The smallest absolute Gasteiger partial charge is 0.124 e. The summed E-state index contributed by atoms with van der Waals surface area (Å²) >= 11 is 0. The summed E-state index contributed by atoms with van der Waals surface area (Å²) in [5.74, 6) is 0.718. The molecule has 118 valence electrons. The summed E-state index contributed by atoms with van der Waals surface area (Å²) in [4.78, 5) is 0. The molecular weight excluding hydrogens is 292 g/mol. The lowest BCUT2D eigenvalue weighted by Crippen LogP contribution is -1.95. The lowest BCUT2D eigenvalue weighted by molar-refractivity contribution is 0.478. The molecule has 0 aliphatic carbocycles. The summed E-state index contributed by atoms with van der Waals surface area (Å²) in [5, 5.41) is 15.4. The summed E-state index contributed by atoms with van der Waals surface area (Å²) in [6.07, 6.45) is 0. The predicted molar refractivity (Wildman–Crippen MR) is 103 cm³/mol. The molecule has 0 atom stereocenters.